The molecule has 10 nitrogen and oxygen atoms in total. The minimum absolute atomic E-state index is 0.0638. The van der Waals surface area contributed by atoms with Crippen LogP contribution in [-0.2, 0) is 30.8 Å². The molecule has 0 aliphatic rings. The summed E-state index contributed by atoms with van der Waals surface area (Å²) in [6.45, 7) is -0.502. The molecule has 0 spiro atoms. The van der Waals surface area contributed by atoms with Crippen LogP contribution in [0.3, 0.4) is 0 Å². The number of esters is 1. The van der Waals surface area contributed by atoms with E-state index in [-0.39, 0.29) is 23.3 Å². The third-order valence-electron chi connectivity index (χ3n) is 4.51. The summed E-state index contributed by atoms with van der Waals surface area (Å²) in [6, 6.07) is 12.5. The Labute approximate surface area is 184 Å². The number of benzene rings is 2. The SMILES string of the molecule is CN(C)S(=O)(=O)c1ccc(NC(=O)COC(=O)CCc2nc3ccccc3c(=O)[nH]2)cc1. The van der Waals surface area contributed by atoms with Gasteiger partial charge in [-0.25, -0.2) is 17.7 Å². The summed E-state index contributed by atoms with van der Waals surface area (Å²) >= 11 is 0. The average molecular weight is 458 g/mol. The minimum atomic E-state index is -3.56. The summed E-state index contributed by atoms with van der Waals surface area (Å²) in [4.78, 5) is 43.0. The smallest absolute Gasteiger partial charge is 0.306 e. The first kappa shape index (κ1) is 23.1. The topological polar surface area (TPSA) is 139 Å². The second kappa shape index (κ2) is 9.71. The number of aromatic amines is 1. The van der Waals surface area contributed by atoms with Gasteiger partial charge in [0.25, 0.3) is 11.5 Å². The number of amides is 1. The van der Waals surface area contributed by atoms with Gasteiger partial charge in [-0.15, -0.1) is 0 Å². The van der Waals surface area contributed by atoms with E-state index >= 15 is 0 Å². The molecule has 0 saturated heterocycles. The Morgan fingerprint density at radius 1 is 1.09 bits per heavy atom. The van der Waals surface area contributed by atoms with Crippen molar-refractivity contribution in [3.63, 3.8) is 0 Å². The maximum absolute atomic E-state index is 12.0. The van der Waals surface area contributed by atoms with Crippen molar-refractivity contribution in [2.45, 2.75) is 17.7 Å². The van der Waals surface area contributed by atoms with Crippen LogP contribution in [0.15, 0.2) is 58.2 Å². The van der Waals surface area contributed by atoms with Gasteiger partial charge in [-0.2, -0.15) is 0 Å². The molecule has 168 valence electrons. The molecule has 32 heavy (non-hydrogen) atoms. The largest absolute Gasteiger partial charge is 0.456 e. The number of H-pyrrole nitrogens is 1. The summed E-state index contributed by atoms with van der Waals surface area (Å²) in [5.41, 5.74) is 0.604. The lowest BCUT2D eigenvalue weighted by Gasteiger charge is -2.12. The molecular formula is C21H22N4O6S. The number of aromatic nitrogens is 2. The van der Waals surface area contributed by atoms with E-state index in [1.807, 2.05) is 0 Å². The van der Waals surface area contributed by atoms with E-state index < -0.39 is 28.5 Å². The quantitative estimate of drug-likeness (QED) is 0.485. The molecule has 0 atom stereocenters. The standard InChI is InChI=1S/C21H22N4O6S/c1-25(2)32(29,30)15-9-7-14(8-10-15)22-19(26)13-31-20(27)12-11-18-23-17-6-4-3-5-16(17)21(28)24-18/h3-10H,11-13H2,1-2H3,(H,22,26)(H,23,24,28). The van der Waals surface area contributed by atoms with E-state index in [1.165, 1.54) is 38.4 Å². The number of sulfonamides is 1. The van der Waals surface area contributed by atoms with Crippen LogP contribution in [0.25, 0.3) is 10.9 Å². The first-order valence-electron chi connectivity index (χ1n) is 9.63. The average Bonchev–Trinajstić information content (AvgIpc) is 2.76. The Kier molecular flexibility index (Phi) is 7.01. The molecule has 0 radical (unpaired) electrons. The van der Waals surface area contributed by atoms with Crippen LogP contribution in [0.4, 0.5) is 5.69 Å². The Bertz CT molecular complexity index is 1300. The molecule has 0 aliphatic carbocycles. The van der Waals surface area contributed by atoms with Crippen LogP contribution < -0.4 is 10.9 Å². The van der Waals surface area contributed by atoms with Crippen molar-refractivity contribution in [1.29, 1.82) is 0 Å². The Morgan fingerprint density at radius 3 is 2.47 bits per heavy atom. The number of nitrogens with one attached hydrogen (secondary N) is 2. The van der Waals surface area contributed by atoms with Crippen molar-refractivity contribution >= 4 is 38.5 Å². The van der Waals surface area contributed by atoms with Gasteiger partial charge in [0.15, 0.2) is 6.61 Å². The van der Waals surface area contributed by atoms with E-state index in [1.54, 1.807) is 24.3 Å². The van der Waals surface area contributed by atoms with E-state index in [2.05, 4.69) is 15.3 Å². The van der Waals surface area contributed by atoms with Gasteiger partial charge in [0, 0.05) is 26.2 Å². The number of rotatable bonds is 8. The number of hydrogen-bond acceptors (Lipinski definition) is 7. The van der Waals surface area contributed by atoms with E-state index in [0.29, 0.717) is 22.4 Å². The lowest BCUT2D eigenvalue weighted by atomic mass is 10.2. The number of carbonyl (C=O) groups excluding carboxylic acids is 2. The highest BCUT2D eigenvalue weighted by Gasteiger charge is 2.17. The van der Waals surface area contributed by atoms with E-state index in [4.69, 9.17) is 4.74 Å². The lowest BCUT2D eigenvalue weighted by Crippen LogP contribution is -2.23. The Hall–Kier alpha value is -3.57. The van der Waals surface area contributed by atoms with Crippen LogP contribution in [0.2, 0.25) is 0 Å². The molecule has 1 aromatic heterocycles. The molecule has 0 bridgehead atoms. The molecule has 2 N–H and O–H groups in total. The summed E-state index contributed by atoms with van der Waals surface area (Å²) < 4.78 is 30.1. The number of nitrogens with zero attached hydrogens (tertiary/aromatic N) is 2. The maximum atomic E-state index is 12.0. The van der Waals surface area contributed by atoms with Crippen LogP contribution in [0.5, 0.6) is 0 Å². The summed E-state index contributed by atoms with van der Waals surface area (Å²) in [5, 5.41) is 2.98. The predicted octanol–water partition coefficient (Wildman–Crippen LogP) is 1.29. The summed E-state index contributed by atoms with van der Waals surface area (Å²) in [5.74, 6) is -0.843. The second-order valence-corrected chi connectivity index (χ2v) is 9.20. The number of anilines is 1. The highest BCUT2D eigenvalue weighted by atomic mass is 32.2. The molecule has 0 aliphatic heterocycles. The number of ether oxygens (including phenoxy) is 1. The second-order valence-electron chi connectivity index (χ2n) is 7.05. The third kappa shape index (κ3) is 5.56. The molecule has 2 aromatic carbocycles. The first-order valence-corrected chi connectivity index (χ1v) is 11.1. The highest BCUT2D eigenvalue weighted by molar-refractivity contribution is 7.89. The van der Waals surface area contributed by atoms with Gasteiger partial charge in [-0.3, -0.25) is 14.4 Å². The van der Waals surface area contributed by atoms with Gasteiger partial charge in [0.05, 0.1) is 22.2 Å². The molecule has 0 unspecified atom stereocenters. The summed E-state index contributed by atoms with van der Waals surface area (Å²) in [7, 11) is -0.716. The molecule has 3 rings (SSSR count). The van der Waals surface area contributed by atoms with Gasteiger partial charge < -0.3 is 15.0 Å². The van der Waals surface area contributed by atoms with Crippen LogP contribution in [-0.4, -0.2) is 55.3 Å². The fraction of sp³-hybridized carbons (Fsp3) is 0.238. The van der Waals surface area contributed by atoms with Crippen molar-refractivity contribution in [3.8, 4) is 0 Å². The van der Waals surface area contributed by atoms with Gasteiger partial charge in [-0.05, 0) is 36.4 Å². The monoisotopic (exact) mass is 458 g/mol. The van der Waals surface area contributed by atoms with E-state index in [9.17, 15) is 22.8 Å². The lowest BCUT2D eigenvalue weighted by molar-refractivity contribution is -0.147. The molecule has 3 aromatic rings. The van der Waals surface area contributed by atoms with E-state index in [0.717, 1.165) is 4.31 Å². The fourth-order valence-electron chi connectivity index (χ4n) is 2.81. The molecule has 0 fully saturated rings. The maximum Gasteiger partial charge on any atom is 0.306 e. The fourth-order valence-corrected chi connectivity index (χ4v) is 3.71. The van der Waals surface area contributed by atoms with Crippen molar-refractivity contribution in [1.82, 2.24) is 14.3 Å². The Balaban J connectivity index is 1.49. The number of para-hydroxylation sites is 1. The highest BCUT2D eigenvalue weighted by Crippen LogP contribution is 2.16. The van der Waals surface area contributed by atoms with Gasteiger partial charge in [0.1, 0.15) is 5.82 Å². The van der Waals surface area contributed by atoms with Crippen LogP contribution in [0.1, 0.15) is 12.2 Å². The summed E-state index contributed by atoms with van der Waals surface area (Å²) in [6.07, 6.45) is 0.0913. The zero-order valence-corrected chi connectivity index (χ0v) is 18.3. The molecular weight excluding hydrogens is 436 g/mol. The minimum Gasteiger partial charge on any atom is -0.456 e. The van der Waals surface area contributed by atoms with Crippen molar-refractivity contribution < 1.29 is 22.7 Å². The number of fused-ring (bicyclic) bond motifs is 1. The zero-order chi connectivity index (χ0) is 23.3. The normalized spacial score (nSPS) is 11.5. The zero-order valence-electron chi connectivity index (χ0n) is 17.5. The first-order chi connectivity index (χ1) is 15.2. The van der Waals surface area contributed by atoms with Gasteiger partial charge in [0.2, 0.25) is 10.0 Å². The molecule has 11 heteroatoms. The molecule has 0 saturated carbocycles. The number of carbonyl (C=O) groups is 2. The van der Waals surface area contributed by atoms with Gasteiger partial charge in [-0.1, -0.05) is 12.1 Å². The number of aryl methyl sites for hydroxylation is 1. The third-order valence-corrected chi connectivity index (χ3v) is 6.34. The Morgan fingerprint density at radius 2 is 1.78 bits per heavy atom. The van der Waals surface area contributed by atoms with Crippen LogP contribution in [0, 0.1) is 0 Å². The van der Waals surface area contributed by atoms with Crippen molar-refractivity contribution in [2.75, 3.05) is 26.0 Å². The van der Waals surface area contributed by atoms with Gasteiger partial charge >= 0.3 is 5.97 Å². The van der Waals surface area contributed by atoms with Crippen molar-refractivity contribution in [2.24, 2.45) is 0 Å². The molecule has 1 amide bonds. The van der Waals surface area contributed by atoms with Crippen molar-refractivity contribution in [3.05, 3.63) is 64.7 Å². The predicted molar refractivity (Wildman–Crippen MR) is 118 cm³/mol. The molecule has 1 heterocycles. The number of hydrogen-bond donors (Lipinski definition) is 2. The van der Waals surface area contributed by atoms with Crippen LogP contribution >= 0.6 is 0 Å².